The van der Waals surface area contributed by atoms with Gasteiger partial charge in [0.2, 0.25) is 5.91 Å². The van der Waals surface area contributed by atoms with Crippen LogP contribution in [0.3, 0.4) is 0 Å². The standard InChI is InChI=1S/C8H16N2O/c1-7(9)6-10-5-3-2-4-8(10)11/h7H,2-6,9H2,1H3/t7-/m0/s1. The predicted molar refractivity (Wildman–Crippen MR) is 44.1 cm³/mol. The van der Waals surface area contributed by atoms with Crippen molar-refractivity contribution < 1.29 is 4.79 Å². The van der Waals surface area contributed by atoms with E-state index in [1.165, 1.54) is 0 Å². The molecule has 1 fully saturated rings. The minimum Gasteiger partial charge on any atom is -0.341 e. The molecule has 1 heterocycles. The molecular formula is C8H16N2O. The number of hydrogen-bond acceptors (Lipinski definition) is 2. The van der Waals surface area contributed by atoms with E-state index in [-0.39, 0.29) is 11.9 Å². The zero-order valence-electron chi connectivity index (χ0n) is 7.05. The third kappa shape index (κ3) is 2.50. The quantitative estimate of drug-likeness (QED) is 0.627. The summed E-state index contributed by atoms with van der Waals surface area (Å²) >= 11 is 0. The van der Waals surface area contributed by atoms with Gasteiger partial charge in [-0.25, -0.2) is 0 Å². The molecule has 64 valence electrons. The number of nitrogens with two attached hydrogens (primary N) is 1. The molecule has 1 rings (SSSR count). The lowest BCUT2D eigenvalue weighted by Crippen LogP contribution is -2.42. The summed E-state index contributed by atoms with van der Waals surface area (Å²) < 4.78 is 0. The van der Waals surface area contributed by atoms with Gasteiger partial charge in [0.1, 0.15) is 0 Å². The molecule has 3 nitrogen and oxygen atoms in total. The summed E-state index contributed by atoms with van der Waals surface area (Å²) in [6.45, 7) is 3.56. The summed E-state index contributed by atoms with van der Waals surface area (Å²) in [4.78, 5) is 13.1. The van der Waals surface area contributed by atoms with Crippen molar-refractivity contribution in [2.45, 2.75) is 32.2 Å². The van der Waals surface area contributed by atoms with E-state index in [0.29, 0.717) is 6.42 Å². The zero-order valence-corrected chi connectivity index (χ0v) is 7.05. The zero-order chi connectivity index (χ0) is 8.27. The Morgan fingerprint density at radius 1 is 1.64 bits per heavy atom. The smallest absolute Gasteiger partial charge is 0.222 e. The van der Waals surface area contributed by atoms with Gasteiger partial charge in [-0.1, -0.05) is 0 Å². The number of piperidine rings is 1. The van der Waals surface area contributed by atoms with Crippen molar-refractivity contribution in [1.82, 2.24) is 4.90 Å². The first-order valence-electron chi connectivity index (χ1n) is 4.23. The molecular weight excluding hydrogens is 140 g/mol. The Bertz CT molecular complexity index is 145. The third-order valence-electron chi connectivity index (χ3n) is 1.93. The Morgan fingerprint density at radius 2 is 2.36 bits per heavy atom. The fraction of sp³-hybridized carbons (Fsp3) is 0.875. The second-order valence-electron chi connectivity index (χ2n) is 3.27. The van der Waals surface area contributed by atoms with Gasteiger partial charge in [0, 0.05) is 25.6 Å². The SMILES string of the molecule is C[C@H](N)CN1CCCCC1=O. The Labute approximate surface area is 67.5 Å². The Balaban J connectivity index is 2.36. The van der Waals surface area contributed by atoms with Gasteiger partial charge in [-0.2, -0.15) is 0 Å². The molecule has 0 unspecified atom stereocenters. The van der Waals surface area contributed by atoms with E-state index in [4.69, 9.17) is 5.73 Å². The molecule has 0 radical (unpaired) electrons. The molecule has 3 heteroatoms. The van der Waals surface area contributed by atoms with Gasteiger partial charge >= 0.3 is 0 Å². The number of hydrogen-bond donors (Lipinski definition) is 1. The summed E-state index contributed by atoms with van der Waals surface area (Å²) in [5, 5.41) is 0. The van der Waals surface area contributed by atoms with E-state index < -0.39 is 0 Å². The fourth-order valence-electron chi connectivity index (χ4n) is 1.40. The monoisotopic (exact) mass is 156 g/mol. The highest BCUT2D eigenvalue weighted by atomic mass is 16.2. The maximum absolute atomic E-state index is 11.2. The Morgan fingerprint density at radius 3 is 2.91 bits per heavy atom. The number of amides is 1. The van der Waals surface area contributed by atoms with Crippen molar-refractivity contribution >= 4 is 5.91 Å². The van der Waals surface area contributed by atoms with Crippen LogP contribution < -0.4 is 5.73 Å². The van der Waals surface area contributed by atoms with Crippen molar-refractivity contribution in [2.75, 3.05) is 13.1 Å². The molecule has 1 amide bonds. The molecule has 0 bridgehead atoms. The fourth-order valence-corrected chi connectivity index (χ4v) is 1.40. The lowest BCUT2D eigenvalue weighted by molar-refractivity contribution is -0.133. The van der Waals surface area contributed by atoms with Crippen LogP contribution in [-0.2, 0) is 4.79 Å². The lowest BCUT2D eigenvalue weighted by atomic mass is 10.1. The summed E-state index contributed by atoms with van der Waals surface area (Å²) in [5.41, 5.74) is 5.59. The van der Waals surface area contributed by atoms with Gasteiger partial charge in [-0.05, 0) is 19.8 Å². The van der Waals surface area contributed by atoms with Crippen LogP contribution in [0, 0.1) is 0 Å². The molecule has 0 saturated carbocycles. The lowest BCUT2D eigenvalue weighted by Gasteiger charge is -2.27. The highest BCUT2D eigenvalue weighted by Gasteiger charge is 2.18. The molecule has 1 atom stereocenters. The highest BCUT2D eigenvalue weighted by molar-refractivity contribution is 5.76. The largest absolute Gasteiger partial charge is 0.341 e. The first-order valence-corrected chi connectivity index (χ1v) is 4.23. The van der Waals surface area contributed by atoms with Gasteiger partial charge in [-0.15, -0.1) is 0 Å². The predicted octanol–water partition coefficient (Wildman–Crippen LogP) is 0.346. The Kier molecular flexibility index (Phi) is 2.88. The Hall–Kier alpha value is -0.570. The van der Waals surface area contributed by atoms with E-state index in [0.717, 1.165) is 25.9 Å². The van der Waals surface area contributed by atoms with E-state index in [1.54, 1.807) is 0 Å². The van der Waals surface area contributed by atoms with Crippen LogP contribution in [-0.4, -0.2) is 29.9 Å². The molecule has 2 N–H and O–H groups in total. The molecule has 0 aromatic heterocycles. The summed E-state index contributed by atoms with van der Waals surface area (Å²) in [6, 6.07) is 0.108. The second-order valence-corrected chi connectivity index (χ2v) is 3.27. The molecule has 0 aromatic carbocycles. The second kappa shape index (κ2) is 3.72. The number of rotatable bonds is 2. The van der Waals surface area contributed by atoms with Crippen LogP contribution in [0.15, 0.2) is 0 Å². The van der Waals surface area contributed by atoms with Crippen molar-refractivity contribution in [1.29, 1.82) is 0 Å². The van der Waals surface area contributed by atoms with Crippen molar-refractivity contribution in [2.24, 2.45) is 5.73 Å². The van der Waals surface area contributed by atoms with E-state index in [2.05, 4.69) is 0 Å². The van der Waals surface area contributed by atoms with Crippen molar-refractivity contribution in [3.05, 3.63) is 0 Å². The van der Waals surface area contributed by atoms with Gasteiger partial charge in [0.05, 0.1) is 0 Å². The van der Waals surface area contributed by atoms with Crippen molar-refractivity contribution in [3.8, 4) is 0 Å². The maximum Gasteiger partial charge on any atom is 0.222 e. The number of carbonyl (C=O) groups is 1. The van der Waals surface area contributed by atoms with E-state index in [9.17, 15) is 4.79 Å². The highest BCUT2D eigenvalue weighted by Crippen LogP contribution is 2.09. The van der Waals surface area contributed by atoms with Crippen LogP contribution in [0.5, 0.6) is 0 Å². The average molecular weight is 156 g/mol. The van der Waals surface area contributed by atoms with Gasteiger partial charge in [0.25, 0.3) is 0 Å². The minimum atomic E-state index is 0.108. The van der Waals surface area contributed by atoms with Crippen LogP contribution in [0.1, 0.15) is 26.2 Å². The summed E-state index contributed by atoms with van der Waals surface area (Å²) in [6.07, 6.45) is 2.90. The molecule has 1 aliphatic heterocycles. The van der Waals surface area contributed by atoms with Crippen LogP contribution in [0.2, 0.25) is 0 Å². The van der Waals surface area contributed by atoms with Crippen LogP contribution >= 0.6 is 0 Å². The van der Waals surface area contributed by atoms with Crippen LogP contribution in [0.4, 0.5) is 0 Å². The molecule has 11 heavy (non-hydrogen) atoms. The molecule has 1 saturated heterocycles. The third-order valence-corrected chi connectivity index (χ3v) is 1.93. The van der Waals surface area contributed by atoms with E-state index >= 15 is 0 Å². The van der Waals surface area contributed by atoms with E-state index in [1.807, 2.05) is 11.8 Å². The first kappa shape index (κ1) is 8.53. The topological polar surface area (TPSA) is 46.3 Å². The summed E-state index contributed by atoms with van der Waals surface area (Å²) in [7, 11) is 0. The molecule has 1 aliphatic rings. The molecule has 0 aliphatic carbocycles. The minimum absolute atomic E-state index is 0.108. The summed E-state index contributed by atoms with van der Waals surface area (Å²) in [5.74, 6) is 0.272. The first-order chi connectivity index (χ1) is 5.20. The normalized spacial score (nSPS) is 22.0. The van der Waals surface area contributed by atoms with Crippen molar-refractivity contribution in [3.63, 3.8) is 0 Å². The van der Waals surface area contributed by atoms with Gasteiger partial charge < -0.3 is 10.6 Å². The molecule has 0 spiro atoms. The van der Waals surface area contributed by atoms with Gasteiger partial charge in [0.15, 0.2) is 0 Å². The number of nitrogens with zero attached hydrogens (tertiary/aromatic N) is 1. The van der Waals surface area contributed by atoms with Gasteiger partial charge in [-0.3, -0.25) is 4.79 Å². The average Bonchev–Trinajstić information content (AvgIpc) is 1.93. The molecule has 0 aromatic rings. The number of likely N-dealkylation sites (tertiary alicyclic amines) is 1. The van der Waals surface area contributed by atoms with Crippen LogP contribution in [0.25, 0.3) is 0 Å². The maximum atomic E-state index is 11.2. The number of carbonyl (C=O) groups excluding carboxylic acids is 1.